The van der Waals surface area contributed by atoms with Crippen molar-refractivity contribution >= 4 is 0 Å². The van der Waals surface area contributed by atoms with Gasteiger partial charge in [-0.25, -0.2) is 0 Å². The normalized spacial score (nSPS) is 3.00. The van der Waals surface area contributed by atoms with Gasteiger partial charge in [0.05, 0.1) is 0 Å². The van der Waals surface area contributed by atoms with Crippen LogP contribution in [0.25, 0.3) is 0 Å². The number of hydrogen-bond donors (Lipinski definition) is 0. The molecule has 0 fully saturated rings. The van der Waals surface area contributed by atoms with Crippen molar-refractivity contribution in [2.24, 2.45) is 10.7 Å². The Morgan fingerprint density at radius 3 is 1.00 bits per heavy atom. The Morgan fingerprint density at radius 2 is 1.00 bits per heavy atom. The molecule has 0 rings (SSSR count). The minimum atomic E-state index is 0. The van der Waals surface area contributed by atoms with Crippen LogP contribution in [0.1, 0.15) is 0 Å². The van der Waals surface area contributed by atoms with Gasteiger partial charge < -0.3 is 20.2 Å². The number of halogens is 1. The summed E-state index contributed by atoms with van der Waals surface area (Å²) >= 11 is 0. The average molecular weight is 211 g/mol. The Hall–Kier alpha value is 0.916. The van der Waals surface area contributed by atoms with Crippen LogP contribution in [-0.2, 0) is 0 Å². The maximum absolute atomic E-state index is 8.00. The van der Waals surface area contributed by atoms with Gasteiger partial charge in [-0.15, -0.1) is 10.7 Å². The van der Waals surface area contributed by atoms with E-state index in [-0.39, 0.29) is 68.4 Å². The van der Waals surface area contributed by atoms with E-state index in [1.807, 2.05) is 0 Å². The summed E-state index contributed by atoms with van der Waals surface area (Å²) < 4.78 is 0. The topological polar surface area (TPSA) is 105 Å². The van der Waals surface area contributed by atoms with Crippen LogP contribution in [0.5, 0.6) is 0 Å². The summed E-state index contributed by atoms with van der Waals surface area (Å²) in [7, 11) is 0. The van der Waals surface area contributed by atoms with E-state index in [1.54, 1.807) is 0 Å². The smallest absolute Gasteiger partial charge is 0.444 e. The largest absolute Gasteiger partial charge is 1.00 e. The molecule has 0 amide bonds. The van der Waals surface area contributed by atoms with E-state index in [1.165, 1.54) is 0 Å². The van der Waals surface area contributed by atoms with Crippen LogP contribution in [0.4, 0.5) is 0 Å². The predicted molar refractivity (Wildman–Crippen MR) is 18.3 cm³/mol. The average Bonchev–Trinajstić information content (AvgIpc) is 1.39. The second-order valence-corrected chi connectivity index (χ2v) is 0.149. The molecule has 0 aliphatic heterocycles. The fourth-order valence-electron chi connectivity index (χ4n) is 0. The van der Waals surface area contributed by atoms with Crippen LogP contribution in [-0.4, -0.2) is 0 Å². The minimum absolute atomic E-state index is 0. The molecule has 0 spiro atoms. The van der Waals surface area contributed by atoms with Gasteiger partial charge in [0.2, 0.25) is 0 Å². The van der Waals surface area contributed by atoms with Gasteiger partial charge in [-0.3, -0.25) is 0 Å². The maximum atomic E-state index is 8.00. The Kier molecular flexibility index (Phi) is 129. The summed E-state index contributed by atoms with van der Waals surface area (Å²) in [6.07, 6.45) is 0. The molecular weight excluding hydrogens is 211 g/mol. The molecule has 2 radical (unpaired) electrons. The second kappa shape index (κ2) is 44.5. The van der Waals surface area contributed by atoms with Crippen LogP contribution in [0.2, 0.25) is 0 Å². The van der Waals surface area contributed by atoms with Gasteiger partial charge in [0, 0.05) is 0 Å². The van der Waals surface area contributed by atoms with Gasteiger partial charge in [0.15, 0.2) is 0 Å². The zero-order chi connectivity index (χ0) is 5.41. The zero-order valence-electron chi connectivity index (χ0n) is 3.91. The van der Waals surface area contributed by atoms with E-state index in [9.17, 15) is 0 Å². The molecule has 8 heavy (non-hydrogen) atoms. The van der Waals surface area contributed by atoms with E-state index in [0.717, 1.165) is 10.7 Å². The number of nitrogens with zero attached hydrogens (tertiary/aromatic N) is 2. The van der Waals surface area contributed by atoms with E-state index in [0.29, 0.717) is 0 Å². The van der Waals surface area contributed by atoms with E-state index in [4.69, 9.17) is 20.2 Å². The molecule has 0 saturated heterocycles. The van der Waals surface area contributed by atoms with Crippen molar-refractivity contribution in [1.82, 2.24) is 0 Å². The molecule has 6 nitrogen and oxygen atoms in total. The molecule has 0 aromatic heterocycles. The van der Waals surface area contributed by atoms with Crippen molar-refractivity contribution in [3.8, 4) is 0 Å². The molecule has 8 heteroatoms. The first-order valence-electron chi connectivity index (χ1n) is 0.730. The minimum Gasteiger partial charge on any atom is -0.444 e. The summed E-state index contributed by atoms with van der Waals surface area (Å²) in [6.45, 7) is 0. The fraction of sp³-hybridized carbons (Fsp3) is 0. The summed E-state index contributed by atoms with van der Waals surface area (Å²) in [4.78, 5) is 16.0. The molecule has 0 aromatic carbocycles. The summed E-state index contributed by atoms with van der Waals surface area (Å²) in [6, 6.07) is 0. The van der Waals surface area contributed by atoms with Gasteiger partial charge in [-0.05, 0) is 0 Å². The summed E-state index contributed by atoms with van der Waals surface area (Å²) in [5, 5.41) is 18.0. The molecule has 0 aromatic rings. The first kappa shape index (κ1) is 23.1. The SMILES string of the molecule is O=N[O-].O=N[O-].[Br+].[K+]. The molecule has 0 N–H and O–H groups in total. The Balaban J connectivity index is -0.0000000160. The van der Waals surface area contributed by atoms with Crippen molar-refractivity contribution in [2.45, 2.75) is 0 Å². The first-order valence-corrected chi connectivity index (χ1v) is 0.730. The molecule has 0 saturated carbocycles. The predicted octanol–water partition coefficient (Wildman–Crippen LogP) is -2.49. The van der Waals surface area contributed by atoms with Gasteiger partial charge in [-0.2, -0.15) is 0 Å². The summed E-state index contributed by atoms with van der Waals surface area (Å²) in [5.74, 6) is 0. The van der Waals surface area contributed by atoms with Crippen molar-refractivity contribution in [1.29, 1.82) is 0 Å². The van der Waals surface area contributed by atoms with Gasteiger partial charge >= 0.3 is 68.4 Å². The Bertz CT molecular complexity index is 35.0. The number of hydrogen-bond acceptors (Lipinski definition) is 6. The van der Waals surface area contributed by atoms with Crippen LogP contribution in [0.15, 0.2) is 10.7 Å². The monoisotopic (exact) mass is 210 g/mol. The third-order valence-corrected chi connectivity index (χ3v) is 0. The van der Waals surface area contributed by atoms with Crippen molar-refractivity contribution in [3.05, 3.63) is 20.2 Å². The quantitative estimate of drug-likeness (QED) is 0.251. The molecule has 0 unspecified atom stereocenters. The van der Waals surface area contributed by atoms with Gasteiger partial charge in [0.1, 0.15) is 0 Å². The number of rotatable bonds is 0. The van der Waals surface area contributed by atoms with Crippen LogP contribution >= 0.6 is 0 Å². The van der Waals surface area contributed by atoms with E-state index >= 15 is 0 Å². The van der Waals surface area contributed by atoms with Crippen LogP contribution in [0.3, 0.4) is 0 Å². The second-order valence-electron chi connectivity index (χ2n) is 0.149. The van der Waals surface area contributed by atoms with Crippen LogP contribution in [0, 0.1) is 37.2 Å². The maximum Gasteiger partial charge on any atom is 1.00 e. The molecule has 0 aliphatic carbocycles. The van der Waals surface area contributed by atoms with Gasteiger partial charge in [0.25, 0.3) is 0 Å². The Morgan fingerprint density at radius 1 is 1.00 bits per heavy atom. The van der Waals surface area contributed by atoms with Crippen molar-refractivity contribution < 1.29 is 68.4 Å². The zero-order valence-corrected chi connectivity index (χ0v) is 8.61. The third kappa shape index (κ3) is 288. The third-order valence-electron chi connectivity index (χ3n) is 0. The molecule has 0 atom stereocenters. The first-order chi connectivity index (χ1) is 2.83. The van der Waals surface area contributed by atoms with Gasteiger partial charge in [-0.1, -0.05) is 0 Å². The molecule has 42 valence electrons. The van der Waals surface area contributed by atoms with Crippen molar-refractivity contribution in [3.63, 3.8) is 0 Å². The summed E-state index contributed by atoms with van der Waals surface area (Å²) in [5.41, 5.74) is 0. The van der Waals surface area contributed by atoms with Crippen molar-refractivity contribution in [2.75, 3.05) is 0 Å². The molecule has 0 bridgehead atoms. The van der Waals surface area contributed by atoms with Crippen LogP contribution < -0.4 is 51.4 Å². The van der Waals surface area contributed by atoms with E-state index in [2.05, 4.69) is 0 Å². The molecular formula is BrKN2O4. The fourth-order valence-corrected chi connectivity index (χ4v) is 0. The molecule has 0 aliphatic rings. The van der Waals surface area contributed by atoms with E-state index < -0.39 is 0 Å². The standard InChI is InChI=1S/Br.K.2HNO2/c;;2*2-1-3/h;;2*(H,2,3)/q2*+1;;/p-2. The molecule has 0 heterocycles. The Labute approximate surface area is 97.7 Å².